The fraction of sp³-hybridized carbons (Fsp3) is 0.500. The lowest BCUT2D eigenvalue weighted by molar-refractivity contribution is -0.121. The first-order valence-electron chi connectivity index (χ1n) is 6.86. The number of hydrogen-bond acceptors (Lipinski definition) is 4. The van der Waals surface area contributed by atoms with Gasteiger partial charge in [0.05, 0.1) is 5.39 Å². The minimum absolute atomic E-state index is 0.159. The van der Waals surface area contributed by atoms with Crippen LogP contribution >= 0.6 is 11.3 Å². The molecule has 6 heteroatoms. The van der Waals surface area contributed by atoms with Gasteiger partial charge in [-0.15, -0.1) is 11.3 Å². The van der Waals surface area contributed by atoms with Gasteiger partial charge >= 0.3 is 0 Å². The molecule has 2 aromatic rings. The van der Waals surface area contributed by atoms with Crippen molar-refractivity contribution in [1.82, 2.24) is 9.55 Å². The van der Waals surface area contributed by atoms with Crippen molar-refractivity contribution in [3.8, 4) is 0 Å². The van der Waals surface area contributed by atoms with Crippen LogP contribution < -0.4 is 11.3 Å². The van der Waals surface area contributed by atoms with Gasteiger partial charge in [0.15, 0.2) is 0 Å². The van der Waals surface area contributed by atoms with Gasteiger partial charge in [0.2, 0.25) is 5.91 Å². The van der Waals surface area contributed by atoms with E-state index >= 15 is 0 Å². The molecule has 0 spiro atoms. The van der Waals surface area contributed by atoms with Gasteiger partial charge < -0.3 is 5.73 Å². The van der Waals surface area contributed by atoms with Crippen LogP contribution in [-0.4, -0.2) is 15.5 Å². The highest BCUT2D eigenvalue weighted by Gasteiger charge is 2.22. The van der Waals surface area contributed by atoms with Crippen LogP contribution in [0.3, 0.4) is 0 Å². The standard InChI is InChI=1S/C14H19N3O2S/c1-4-8-7-9-13(20-8)16-11(6-3)17(14(9)19)10(5-2)12(15)18/h7,10H,4-6H2,1-3H3,(H2,15,18). The van der Waals surface area contributed by atoms with Crippen LogP contribution in [0.2, 0.25) is 0 Å². The molecule has 1 atom stereocenters. The first-order valence-corrected chi connectivity index (χ1v) is 7.68. The molecule has 0 aromatic carbocycles. The first kappa shape index (κ1) is 14.7. The number of nitrogens with two attached hydrogens (primary N) is 1. The Morgan fingerprint density at radius 2 is 2.10 bits per heavy atom. The van der Waals surface area contributed by atoms with Crippen molar-refractivity contribution in [3.05, 3.63) is 27.1 Å². The van der Waals surface area contributed by atoms with E-state index in [1.165, 1.54) is 15.9 Å². The van der Waals surface area contributed by atoms with Gasteiger partial charge in [0.25, 0.3) is 5.56 Å². The number of primary amides is 1. The van der Waals surface area contributed by atoms with Crippen LogP contribution in [0.1, 0.15) is 43.9 Å². The Morgan fingerprint density at radius 3 is 2.60 bits per heavy atom. The number of carbonyl (C=O) groups excluding carboxylic acids is 1. The topological polar surface area (TPSA) is 78.0 Å². The van der Waals surface area contributed by atoms with Crippen molar-refractivity contribution >= 4 is 27.5 Å². The summed E-state index contributed by atoms with van der Waals surface area (Å²) in [6.45, 7) is 5.81. The quantitative estimate of drug-likeness (QED) is 0.916. The van der Waals surface area contributed by atoms with Gasteiger partial charge in [-0.25, -0.2) is 4.98 Å². The molecule has 1 amide bonds. The van der Waals surface area contributed by atoms with Gasteiger partial charge in [0.1, 0.15) is 16.7 Å². The molecular weight excluding hydrogens is 274 g/mol. The number of rotatable bonds is 5. The second-order valence-corrected chi connectivity index (χ2v) is 5.78. The van der Waals surface area contributed by atoms with E-state index in [2.05, 4.69) is 4.98 Å². The molecule has 2 rings (SSSR count). The maximum atomic E-state index is 12.7. The SMILES string of the molecule is CCc1cc2c(=O)n(C(CC)C(N)=O)c(CC)nc2s1. The van der Waals surface area contributed by atoms with E-state index in [0.717, 1.165) is 16.1 Å². The molecule has 1 unspecified atom stereocenters. The predicted molar refractivity (Wildman–Crippen MR) is 81.2 cm³/mol. The highest BCUT2D eigenvalue weighted by molar-refractivity contribution is 7.18. The summed E-state index contributed by atoms with van der Waals surface area (Å²) in [5, 5.41) is 0.587. The summed E-state index contributed by atoms with van der Waals surface area (Å²) >= 11 is 1.54. The van der Waals surface area contributed by atoms with Gasteiger partial charge in [-0.3, -0.25) is 14.2 Å². The van der Waals surface area contributed by atoms with E-state index in [9.17, 15) is 9.59 Å². The average molecular weight is 293 g/mol. The van der Waals surface area contributed by atoms with Gasteiger partial charge in [-0.1, -0.05) is 20.8 Å². The van der Waals surface area contributed by atoms with Gasteiger partial charge in [0, 0.05) is 11.3 Å². The number of amides is 1. The molecule has 2 N–H and O–H groups in total. The molecule has 20 heavy (non-hydrogen) atoms. The number of nitrogens with zero attached hydrogens (tertiary/aromatic N) is 2. The van der Waals surface area contributed by atoms with Crippen LogP contribution in [0.4, 0.5) is 0 Å². The molecule has 5 nitrogen and oxygen atoms in total. The third-order valence-corrected chi connectivity index (χ3v) is 4.59. The van der Waals surface area contributed by atoms with Crippen molar-refractivity contribution in [1.29, 1.82) is 0 Å². The van der Waals surface area contributed by atoms with Crippen molar-refractivity contribution in [2.45, 2.75) is 46.1 Å². The summed E-state index contributed by atoms with van der Waals surface area (Å²) in [4.78, 5) is 30.7. The molecule has 108 valence electrons. The second-order valence-electron chi connectivity index (χ2n) is 4.67. The Balaban J connectivity index is 2.78. The lowest BCUT2D eigenvalue weighted by Crippen LogP contribution is -2.36. The number of hydrogen-bond donors (Lipinski definition) is 1. The molecule has 0 fully saturated rings. The lowest BCUT2D eigenvalue weighted by atomic mass is 10.2. The molecule has 0 aliphatic heterocycles. The summed E-state index contributed by atoms with van der Waals surface area (Å²) < 4.78 is 1.47. The zero-order valence-corrected chi connectivity index (χ0v) is 12.8. The third-order valence-electron chi connectivity index (χ3n) is 3.41. The minimum atomic E-state index is -0.626. The monoisotopic (exact) mass is 293 g/mol. The Morgan fingerprint density at radius 1 is 1.40 bits per heavy atom. The van der Waals surface area contributed by atoms with Crippen molar-refractivity contribution < 1.29 is 4.79 Å². The van der Waals surface area contributed by atoms with Gasteiger partial charge in [-0.05, 0) is 18.9 Å². The van der Waals surface area contributed by atoms with E-state index in [4.69, 9.17) is 5.73 Å². The number of carbonyl (C=O) groups is 1. The zero-order chi connectivity index (χ0) is 14.9. The molecule has 0 saturated carbocycles. The van der Waals surface area contributed by atoms with E-state index < -0.39 is 11.9 Å². The van der Waals surface area contributed by atoms with Crippen LogP contribution in [0, 0.1) is 0 Å². The van der Waals surface area contributed by atoms with Gasteiger partial charge in [-0.2, -0.15) is 0 Å². The van der Waals surface area contributed by atoms with Crippen molar-refractivity contribution in [2.24, 2.45) is 5.73 Å². The zero-order valence-electron chi connectivity index (χ0n) is 12.0. The predicted octanol–water partition coefficient (Wildman–Crippen LogP) is 2.02. The van der Waals surface area contributed by atoms with Crippen LogP contribution in [0.15, 0.2) is 10.9 Å². The summed E-state index contributed by atoms with van der Waals surface area (Å²) in [6.07, 6.45) is 1.95. The molecule has 0 saturated heterocycles. The Bertz CT molecular complexity index is 702. The minimum Gasteiger partial charge on any atom is -0.368 e. The molecular formula is C14H19N3O2S. The van der Waals surface area contributed by atoms with Crippen molar-refractivity contribution in [3.63, 3.8) is 0 Å². The maximum Gasteiger partial charge on any atom is 0.263 e. The fourth-order valence-electron chi connectivity index (χ4n) is 2.34. The third kappa shape index (κ3) is 2.35. The largest absolute Gasteiger partial charge is 0.368 e. The highest BCUT2D eigenvalue weighted by Crippen LogP contribution is 2.23. The van der Waals surface area contributed by atoms with Crippen LogP contribution in [-0.2, 0) is 17.6 Å². The Hall–Kier alpha value is -1.69. The summed E-state index contributed by atoms with van der Waals surface area (Å²) in [5.41, 5.74) is 5.26. The summed E-state index contributed by atoms with van der Waals surface area (Å²) in [5.74, 6) is 0.133. The molecule has 0 radical (unpaired) electrons. The van der Waals surface area contributed by atoms with E-state index in [1.807, 2.05) is 26.8 Å². The van der Waals surface area contributed by atoms with E-state index in [1.54, 1.807) is 0 Å². The maximum absolute atomic E-state index is 12.7. The van der Waals surface area contributed by atoms with Crippen molar-refractivity contribution in [2.75, 3.05) is 0 Å². The molecule has 0 bridgehead atoms. The smallest absolute Gasteiger partial charge is 0.263 e. The normalized spacial score (nSPS) is 12.8. The molecule has 0 aliphatic rings. The number of aryl methyl sites for hydroxylation is 2. The summed E-state index contributed by atoms with van der Waals surface area (Å²) in [6, 6.07) is 1.25. The Labute approximate surface area is 121 Å². The lowest BCUT2D eigenvalue weighted by Gasteiger charge is -2.18. The first-order chi connectivity index (χ1) is 9.53. The van der Waals surface area contributed by atoms with E-state index in [0.29, 0.717) is 24.1 Å². The fourth-order valence-corrected chi connectivity index (χ4v) is 3.32. The van der Waals surface area contributed by atoms with E-state index in [-0.39, 0.29) is 5.56 Å². The molecule has 2 aromatic heterocycles. The molecule has 0 aliphatic carbocycles. The number of aromatic nitrogens is 2. The highest BCUT2D eigenvalue weighted by atomic mass is 32.1. The second kappa shape index (κ2) is 5.75. The van der Waals surface area contributed by atoms with Crippen LogP contribution in [0.5, 0.6) is 0 Å². The number of fused-ring (bicyclic) bond motifs is 1. The summed E-state index contributed by atoms with van der Waals surface area (Å²) in [7, 11) is 0. The number of thiophene rings is 1. The average Bonchev–Trinajstić information content (AvgIpc) is 2.84. The Kier molecular flexibility index (Phi) is 4.23. The van der Waals surface area contributed by atoms with Crippen LogP contribution in [0.25, 0.3) is 10.2 Å². The molecule has 2 heterocycles.